The second-order valence-corrected chi connectivity index (χ2v) is 3.72. The van der Waals surface area contributed by atoms with Crippen molar-refractivity contribution in [3.05, 3.63) is 24.3 Å². The highest BCUT2D eigenvalue weighted by Crippen LogP contribution is 2.18. The number of rotatable bonds is 2. The first-order valence-corrected chi connectivity index (χ1v) is 4.37. The van der Waals surface area contributed by atoms with E-state index in [4.69, 9.17) is 5.73 Å². The third-order valence-electron chi connectivity index (χ3n) is 1.32. The minimum absolute atomic E-state index is 0.243. The van der Waals surface area contributed by atoms with E-state index in [1.54, 1.807) is 0 Å². The number of para-hydroxylation sites is 2. The molecular formula is C8H11BrN2. The summed E-state index contributed by atoms with van der Waals surface area (Å²) in [5.41, 5.74) is 7.43. The summed E-state index contributed by atoms with van der Waals surface area (Å²) < 4.78 is 0. The van der Waals surface area contributed by atoms with Gasteiger partial charge in [0.05, 0.1) is 16.3 Å². The first-order valence-electron chi connectivity index (χ1n) is 3.45. The molecule has 1 atom stereocenters. The first kappa shape index (κ1) is 8.40. The zero-order valence-electron chi connectivity index (χ0n) is 6.34. The Morgan fingerprint density at radius 2 is 2.09 bits per heavy atom. The lowest BCUT2D eigenvalue weighted by Crippen LogP contribution is -2.07. The van der Waals surface area contributed by atoms with Crippen molar-refractivity contribution in [1.82, 2.24) is 0 Å². The van der Waals surface area contributed by atoms with E-state index in [0.717, 1.165) is 11.4 Å². The largest absolute Gasteiger partial charge is 0.397 e. The van der Waals surface area contributed by atoms with Crippen LogP contribution in [0.2, 0.25) is 0 Å². The third-order valence-corrected chi connectivity index (χ3v) is 1.54. The van der Waals surface area contributed by atoms with Crippen molar-refractivity contribution in [3.8, 4) is 0 Å². The lowest BCUT2D eigenvalue weighted by Gasteiger charge is -2.10. The highest BCUT2D eigenvalue weighted by Gasteiger charge is 1.98. The number of hydrogen-bond donors (Lipinski definition) is 2. The van der Waals surface area contributed by atoms with Crippen molar-refractivity contribution < 1.29 is 0 Å². The van der Waals surface area contributed by atoms with Crippen molar-refractivity contribution in [3.63, 3.8) is 0 Å². The Kier molecular flexibility index (Phi) is 2.76. The van der Waals surface area contributed by atoms with Crippen LogP contribution in [0.15, 0.2) is 24.3 Å². The molecule has 60 valence electrons. The number of halogens is 1. The van der Waals surface area contributed by atoms with E-state index in [1.165, 1.54) is 0 Å². The SMILES string of the molecule is CC(Br)Nc1ccccc1N. The minimum atomic E-state index is 0.243. The van der Waals surface area contributed by atoms with E-state index in [-0.39, 0.29) is 4.95 Å². The molecule has 3 N–H and O–H groups in total. The fourth-order valence-electron chi connectivity index (χ4n) is 0.843. The van der Waals surface area contributed by atoms with E-state index in [0.29, 0.717) is 0 Å². The molecule has 0 aliphatic heterocycles. The van der Waals surface area contributed by atoms with Gasteiger partial charge in [-0.05, 0) is 19.1 Å². The van der Waals surface area contributed by atoms with Gasteiger partial charge in [-0.2, -0.15) is 0 Å². The molecule has 0 radical (unpaired) electrons. The van der Waals surface area contributed by atoms with Gasteiger partial charge in [-0.15, -0.1) is 0 Å². The normalized spacial score (nSPS) is 12.5. The summed E-state index contributed by atoms with van der Waals surface area (Å²) in [5.74, 6) is 0. The summed E-state index contributed by atoms with van der Waals surface area (Å²) in [6.07, 6.45) is 0. The predicted octanol–water partition coefficient (Wildman–Crippen LogP) is 2.42. The first-order chi connectivity index (χ1) is 5.20. The molecule has 0 fully saturated rings. The van der Waals surface area contributed by atoms with E-state index in [2.05, 4.69) is 21.2 Å². The summed E-state index contributed by atoms with van der Waals surface area (Å²) in [7, 11) is 0. The van der Waals surface area contributed by atoms with Crippen LogP contribution in [0.3, 0.4) is 0 Å². The summed E-state index contributed by atoms with van der Waals surface area (Å²) >= 11 is 3.38. The zero-order chi connectivity index (χ0) is 8.27. The van der Waals surface area contributed by atoms with Crippen LogP contribution in [-0.2, 0) is 0 Å². The highest BCUT2D eigenvalue weighted by molar-refractivity contribution is 9.09. The van der Waals surface area contributed by atoms with E-state index in [9.17, 15) is 0 Å². The Balaban J connectivity index is 2.78. The molecule has 11 heavy (non-hydrogen) atoms. The maximum absolute atomic E-state index is 5.69. The van der Waals surface area contributed by atoms with Crippen LogP contribution in [0, 0.1) is 0 Å². The van der Waals surface area contributed by atoms with Crippen LogP contribution in [0.4, 0.5) is 11.4 Å². The number of anilines is 2. The van der Waals surface area contributed by atoms with Gasteiger partial charge in [0.15, 0.2) is 0 Å². The molecule has 0 amide bonds. The predicted molar refractivity (Wildman–Crippen MR) is 52.9 cm³/mol. The average Bonchev–Trinajstić information content (AvgIpc) is 1.93. The number of nitrogen functional groups attached to an aromatic ring is 1. The number of benzene rings is 1. The van der Waals surface area contributed by atoms with Gasteiger partial charge in [-0.25, -0.2) is 0 Å². The molecule has 0 saturated carbocycles. The average molecular weight is 215 g/mol. The molecule has 0 aliphatic rings. The lowest BCUT2D eigenvalue weighted by atomic mass is 10.3. The molecule has 1 aromatic rings. The van der Waals surface area contributed by atoms with E-state index < -0.39 is 0 Å². The van der Waals surface area contributed by atoms with E-state index in [1.807, 2.05) is 31.2 Å². The summed E-state index contributed by atoms with van der Waals surface area (Å²) in [5, 5.41) is 3.16. The quantitative estimate of drug-likeness (QED) is 0.451. The molecule has 0 spiro atoms. The number of alkyl halides is 1. The lowest BCUT2D eigenvalue weighted by molar-refractivity contribution is 1.15. The Morgan fingerprint density at radius 1 is 1.45 bits per heavy atom. The Labute approximate surface area is 74.9 Å². The summed E-state index contributed by atoms with van der Waals surface area (Å²) in [6.45, 7) is 2.01. The smallest absolute Gasteiger partial charge is 0.0790 e. The molecule has 0 heterocycles. The monoisotopic (exact) mass is 214 g/mol. The van der Waals surface area contributed by atoms with Gasteiger partial charge >= 0.3 is 0 Å². The Bertz CT molecular complexity index is 235. The van der Waals surface area contributed by atoms with Gasteiger partial charge in [-0.1, -0.05) is 28.1 Å². The van der Waals surface area contributed by atoms with Crippen LogP contribution in [0.25, 0.3) is 0 Å². The van der Waals surface area contributed by atoms with Crippen molar-refractivity contribution in [1.29, 1.82) is 0 Å². The number of hydrogen-bond acceptors (Lipinski definition) is 2. The van der Waals surface area contributed by atoms with Gasteiger partial charge in [-0.3, -0.25) is 0 Å². The minimum Gasteiger partial charge on any atom is -0.397 e. The van der Waals surface area contributed by atoms with Crippen molar-refractivity contribution in [2.45, 2.75) is 11.9 Å². The molecule has 0 aromatic heterocycles. The van der Waals surface area contributed by atoms with Gasteiger partial charge in [0.1, 0.15) is 0 Å². The van der Waals surface area contributed by atoms with Crippen molar-refractivity contribution in [2.24, 2.45) is 0 Å². The molecule has 0 bridgehead atoms. The molecule has 1 aromatic carbocycles. The van der Waals surface area contributed by atoms with Crippen LogP contribution in [0.1, 0.15) is 6.92 Å². The summed E-state index contributed by atoms with van der Waals surface area (Å²) in [4.78, 5) is 0.243. The number of nitrogens with two attached hydrogens (primary N) is 1. The molecule has 2 nitrogen and oxygen atoms in total. The molecule has 1 rings (SSSR count). The summed E-state index contributed by atoms with van der Waals surface area (Å²) in [6, 6.07) is 7.69. The number of nitrogens with one attached hydrogen (secondary N) is 1. The molecule has 0 aliphatic carbocycles. The maximum atomic E-state index is 5.69. The van der Waals surface area contributed by atoms with Crippen LogP contribution in [-0.4, -0.2) is 4.95 Å². The molecule has 1 unspecified atom stereocenters. The second-order valence-electron chi connectivity index (χ2n) is 2.35. The van der Waals surface area contributed by atoms with Gasteiger partial charge in [0, 0.05) is 0 Å². The second kappa shape index (κ2) is 3.62. The van der Waals surface area contributed by atoms with Gasteiger partial charge in [0.2, 0.25) is 0 Å². The zero-order valence-corrected chi connectivity index (χ0v) is 7.93. The standard InChI is InChI=1S/C8H11BrN2/c1-6(9)11-8-5-3-2-4-7(8)10/h2-6,11H,10H2,1H3. The van der Waals surface area contributed by atoms with Crippen LogP contribution < -0.4 is 11.1 Å². The molecule has 0 saturated heterocycles. The maximum Gasteiger partial charge on any atom is 0.0790 e. The van der Waals surface area contributed by atoms with Gasteiger partial charge < -0.3 is 11.1 Å². The molecular weight excluding hydrogens is 204 g/mol. The third kappa shape index (κ3) is 2.42. The van der Waals surface area contributed by atoms with E-state index >= 15 is 0 Å². The fourth-order valence-corrected chi connectivity index (χ4v) is 1.09. The molecule has 3 heteroatoms. The highest BCUT2D eigenvalue weighted by atomic mass is 79.9. The van der Waals surface area contributed by atoms with Gasteiger partial charge in [0.25, 0.3) is 0 Å². The van der Waals surface area contributed by atoms with Crippen molar-refractivity contribution >= 4 is 27.3 Å². The van der Waals surface area contributed by atoms with Crippen LogP contribution in [0.5, 0.6) is 0 Å². The topological polar surface area (TPSA) is 38.0 Å². The Morgan fingerprint density at radius 3 is 2.64 bits per heavy atom. The van der Waals surface area contributed by atoms with Crippen molar-refractivity contribution in [2.75, 3.05) is 11.1 Å². The fraction of sp³-hybridized carbons (Fsp3) is 0.250. The Hall–Kier alpha value is -0.700. The van der Waals surface area contributed by atoms with Crippen LogP contribution >= 0.6 is 15.9 Å².